The molecule has 0 aromatic carbocycles. The zero-order valence-corrected chi connectivity index (χ0v) is 31.8. The Hall–Kier alpha value is -3.22. The SMILES string of the molecule is CC.CC.CC(C)C.CC(C)NC(NC(=O)C1CCCN1C(=O)C(NC(=O)NCC(=O)N(C)C)C(C)(C)C)C(=O)C(N)=O.CCC. The second-order valence-electron chi connectivity index (χ2n) is 12.5. The van der Waals surface area contributed by atoms with Crippen LogP contribution < -0.4 is 27.0 Å². The highest BCUT2D eigenvalue weighted by atomic mass is 16.2. The van der Waals surface area contributed by atoms with Gasteiger partial charge in [0.2, 0.25) is 17.7 Å². The maximum Gasteiger partial charge on any atom is 0.315 e. The molecule has 0 aromatic heterocycles. The fourth-order valence-corrected chi connectivity index (χ4v) is 3.51. The van der Waals surface area contributed by atoms with Crippen LogP contribution in [0.5, 0.6) is 0 Å². The normalized spacial score (nSPS) is 14.7. The minimum atomic E-state index is -1.32. The smallest absolute Gasteiger partial charge is 0.315 e. The molecule has 0 aromatic rings. The predicted molar refractivity (Wildman–Crippen MR) is 187 cm³/mol. The van der Waals surface area contributed by atoms with E-state index in [0.717, 1.165) is 5.92 Å². The summed E-state index contributed by atoms with van der Waals surface area (Å²) < 4.78 is 0. The number of carbonyl (C=O) groups excluding carboxylic acids is 6. The fraction of sp³-hybridized carbons (Fsp3) is 0.818. The summed E-state index contributed by atoms with van der Waals surface area (Å²) in [4.78, 5) is 76.9. The number of ketones is 1. The van der Waals surface area contributed by atoms with E-state index in [1.807, 2.05) is 27.7 Å². The van der Waals surface area contributed by atoms with Crippen LogP contribution in [-0.4, -0.2) is 96.7 Å². The molecule has 272 valence electrons. The minimum absolute atomic E-state index is 0.239. The summed E-state index contributed by atoms with van der Waals surface area (Å²) in [7, 11) is 3.11. The van der Waals surface area contributed by atoms with E-state index in [1.165, 1.54) is 16.2 Å². The highest BCUT2D eigenvalue weighted by molar-refractivity contribution is 6.37. The number of nitrogens with one attached hydrogen (secondary N) is 4. The van der Waals surface area contributed by atoms with Crippen molar-refractivity contribution >= 4 is 35.4 Å². The molecule has 46 heavy (non-hydrogen) atoms. The van der Waals surface area contributed by atoms with Crippen LogP contribution in [0.2, 0.25) is 0 Å². The number of nitrogens with zero attached hydrogens (tertiary/aromatic N) is 2. The number of carbonyl (C=O) groups is 6. The van der Waals surface area contributed by atoms with Crippen LogP contribution in [0.4, 0.5) is 4.79 Å². The number of hydrogen-bond acceptors (Lipinski definition) is 7. The fourth-order valence-electron chi connectivity index (χ4n) is 3.51. The molecule has 1 rings (SSSR count). The Balaban J connectivity index is -0.000000702. The van der Waals surface area contributed by atoms with E-state index >= 15 is 0 Å². The summed E-state index contributed by atoms with van der Waals surface area (Å²) >= 11 is 0. The summed E-state index contributed by atoms with van der Waals surface area (Å²) in [5.74, 6) is -2.76. The molecule has 1 heterocycles. The third-order valence-electron chi connectivity index (χ3n) is 5.42. The largest absolute Gasteiger partial charge is 0.363 e. The first-order chi connectivity index (χ1) is 21.2. The van der Waals surface area contributed by atoms with Gasteiger partial charge >= 0.3 is 6.03 Å². The van der Waals surface area contributed by atoms with E-state index in [2.05, 4.69) is 55.9 Å². The number of nitrogens with two attached hydrogens (primary N) is 1. The average Bonchev–Trinajstić information content (AvgIpc) is 3.45. The molecule has 0 saturated carbocycles. The van der Waals surface area contributed by atoms with Crippen molar-refractivity contribution in [2.75, 3.05) is 27.2 Å². The van der Waals surface area contributed by atoms with E-state index in [4.69, 9.17) is 5.73 Å². The number of likely N-dealkylation sites (N-methyl/N-ethyl adjacent to an activating group) is 1. The van der Waals surface area contributed by atoms with Crippen molar-refractivity contribution < 1.29 is 28.8 Å². The molecule has 1 fully saturated rings. The van der Waals surface area contributed by atoms with Crippen molar-refractivity contribution in [1.82, 2.24) is 31.1 Å². The van der Waals surface area contributed by atoms with Gasteiger partial charge in [-0.3, -0.25) is 29.3 Å². The van der Waals surface area contributed by atoms with Gasteiger partial charge in [-0.05, 0) is 38.0 Å². The van der Waals surface area contributed by atoms with Crippen molar-refractivity contribution in [2.45, 2.75) is 140 Å². The molecule has 6 amide bonds. The standard InChI is InChI=1S/C22H39N7O6.C4H10.C3H8.2C2H6/c1-12(2)25-18(15(31)17(23)32)27-19(33)13-9-8-10-29(13)20(34)16(22(3,4)5)26-21(35)24-11-14(30)28(6)7;1-4(2)3;1-3-2;2*1-2/h12-13,16,18,25H,8-11H2,1-7H3,(H2,23,32)(H,27,33)(H2,24,26,35);4H,1-3H3;3H2,1-2H3;2*1-2H3. The summed E-state index contributed by atoms with van der Waals surface area (Å²) in [5.41, 5.74) is 4.38. The Bertz CT molecular complexity index is 899. The van der Waals surface area contributed by atoms with Gasteiger partial charge in [0.05, 0.1) is 6.54 Å². The molecule has 1 aliphatic rings. The Labute approximate surface area is 279 Å². The van der Waals surface area contributed by atoms with Crippen LogP contribution in [0, 0.1) is 11.3 Å². The third kappa shape index (κ3) is 22.3. The Morgan fingerprint density at radius 2 is 1.35 bits per heavy atom. The van der Waals surface area contributed by atoms with E-state index in [-0.39, 0.29) is 25.0 Å². The third-order valence-corrected chi connectivity index (χ3v) is 5.42. The second kappa shape index (κ2) is 26.9. The van der Waals surface area contributed by atoms with Gasteiger partial charge in [-0.15, -0.1) is 0 Å². The molecule has 6 N–H and O–H groups in total. The topological polar surface area (TPSA) is 183 Å². The Morgan fingerprint density at radius 1 is 0.891 bits per heavy atom. The van der Waals surface area contributed by atoms with Crippen molar-refractivity contribution in [2.24, 2.45) is 17.1 Å². The van der Waals surface area contributed by atoms with Crippen LogP contribution in [0.3, 0.4) is 0 Å². The molecule has 13 nitrogen and oxygen atoms in total. The minimum Gasteiger partial charge on any atom is -0.363 e. The Kier molecular flexibility index (Phi) is 29.1. The molecule has 0 aliphatic carbocycles. The maximum atomic E-state index is 13.5. The first-order valence-electron chi connectivity index (χ1n) is 16.7. The lowest BCUT2D eigenvalue weighted by molar-refractivity contribution is -0.143. The number of hydrogen-bond donors (Lipinski definition) is 5. The predicted octanol–water partition coefficient (Wildman–Crippen LogP) is 3.41. The number of amides is 6. The van der Waals surface area contributed by atoms with Crippen molar-refractivity contribution in [3.8, 4) is 0 Å². The molecule has 13 heteroatoms. The summed E-state index contributed by atoms with van der Waals surface area (Å²) in [6.07, 6.45) is 0.807. The van der Waals surface area contributed by atoms with Crippen LogP contribution >= 0.6 is 0 Å². The quantitative estimate of drug-likeness (QED) is 0.176. The highest BCUT2D eigenvalue weighted by Gasteiger charge is 2.42. The number of likely N-dealkylation sites (tertiary alicyclic amines) is 1. The lowest BCUT2D eigenvalue weighted by atomic mass is 9.85. The number of rotatable bonds is 10. The van der Waals surface area contributed by atoms with Crippen LogP contribution in [-0.2, 0) is 24.0 Å². The summed E-state index contributed by atoms with van der Waals surface area (Å²) in [5, 5.41) is 10.3. The molecule has 3 atom stereocenters. The zero-order valence-electron chi connectivity index (χ0n) is 31.8. The van der Waals surface area contributed by atoms with E-state index in [1.54, 1.807) is 48.7 Å². The molecule has 1 aliphatic heterocycles. The summed E-state index contributed by atoms with van der Waals surface area (Å²) in [6.45, 7) is 27.5. The molecule has 0 radical (unpaired) electrons. The van der Waals surface area contributed by atoms with Gasteiger partial charge in [-0.25, -0.2) is 4.79 Å². The van der Waals surface area contributed by atoms with Gasteiger partial charge < -0.3 is 31.5 Å². The van der Waals surface area contributed by atoms with Crippen molar-refractivity contribution in [1.29, 1.82) is 0 Å². The number of Topliss-reactive ketones (excluding diaryl/α,β-unsaturated/α-hetero) is 1. The molecule has 3 unspecified atom stereocenters. The van der Waals surface area contributed by atoms with Crippen molar-refractivity contribution in [3.63, 3.8) is 0 Å². The second-order valence-corrected chi connectivity index (χ2v) is 12.5. The molecule has 0 spiro atoms. The molecular weight excluding hydrogens is 590 g/mol. The van der Waals surface area contributed by atoms with Gasteiger partial charge in [-0.1, -0.05) is 89.5 Å². The average molecular weight is 660 g/mol. The first-order valence-corrected chi connectivity index (χ1v) is 16.7. The number of primary amides is 1. The molecule has 1 saturated heterocycles. The van der Waals surface area contributed by atoms with Gasteiger partial charge in [-0.2, -0.15) is 0 Å². The van der Waals surface area contributed by atoms with Crippen LogP contribution in [0.25, 0.3) is 0 Å². The van der Waals surface area contributed by atoms with Crippen LogP contribution in [0.1, 0.15) is 116 Å². The van der Waals surface area contributed by atoms with Gasteiger partial charge in [0.1, 0.15) is 18.2 Å². The molecule has 0 bridgehead atoms. The van der Waals surface area contributed by atoms with Crippen molar-refractivity contribution in [3.05, 3.63) is 0 Å². The summed E-state index contributed by atoms with van der Waals surface area (Å²) in [6, 6.07) is -2.83. The zero-order chi connectivity index (χ0) is 37.4. The Morgan fingerprint density at radius 3 is 1.72 bits per heavy atom. The first kappa shape index (κ1) is 49.7. The van der Waals surface area contributed by atoms with Gasteiger partial charge in [0, 0.05) is 26.7 Å². The lowest BCUT2D eigenvalue weighted by Gasteiger charge is -2.35. The van der Waals surface area contributed by atoms with Gasteiger partial charge in [0.15, 0.2) is 0 Å². The van der Waals surface area contributed by atoms with Crippen LogP contribution in [0.15, 0.2) is 0 Å². The van der Waals surface area contributed by atoms with E-state index < -0.39 is 53.2 Å². The number of urea groups is 1. The maximum absolute atomic E-state index is 13.5. The lowest BCUT2D eigenvalue weighted by Crippen LogP contribution is -2.62. The van der Waals surface area contributed by atoms with E-state index in [9.17, 15) is 28.8 Å². The van der Waals surface area contributed by atoms with E-state index in [0.29, 0.717) is 12.8 Å². The monoisotopic (exact) mass is 660 g/mol. The highest BCUT2D eigenvalue weighted by Crippen LogP contribution is 2.26. The molecular formula is C33H69N7O6. The van der Waals surface area contributed by atoms with Gasteiger partial charge in [0.25, 0.3) is 11.7 Å².